The maximum Gasteiger partial charge on any atom is 0.267 e. The second-order valence-corrected chi connectivity index (χ2v) is 15.2. The first-order valence-corrected chi connectivity index (χ1v) is 21.4. The second-order valence-electron chi connectivity index (χ2n) is 13.7. The summed E-state index contributed by atoms with van der Waals surface area (Å²) in [6.07, 6.45) is 40.6. The highest BCUT2D eigenvalue weighted by Crippen LogP contribution is 2.13. The summed E-state index contributed by atoms with van der Waals surface area (Å²) in [4.78, 5) is 12.6. The van der Waals surface area contributed by atoms with Gasteiger partial charge in [-0.15, -0.1) is 0 Å². The fourth-order valence-electron chi connectivity index (χ4n) is 5.82. The first-order valence-electron chi connectivity index (χ1n) is 19.8. The van der Waals surface area contributed by atoms with E-state index in [-0.39, 0.29) is 6.42 Å². The highest BCUT2D eigenvalue weighted by Gasteiger charge is 2.27. The molecule has 0 aliphatic carbocycles. The molecule has 0 heterocycles. The molecule has 0 bridgehead atoms. The van der Waals surface area contributed by atoms with Crippen LogP contribution >= 0.6 is 0 Å². The number of hydrogen-bond acceptors (Lipinski definition) is 5. The lowest BCUT2D eigenvalue weighted by Crippen LogP contribution is -2.50. The van der Waals surface area contributed by atoms with Gasteiger partial charge in [-0.25, -0.2) is 0 Å². The van der Waals surface area contributed by atoms with Gasteiger partial charge in [-0.3, -0.25) is 9.35 Å². The van der Waals surface area contributed by atoms with Crippen LogP contribution in [0.5, 0.6) is 0 Å². The van der Waals surface area contributed by atoms with Crippen LogP contribution in [0, 0.1) is 0 Å². The largest absolute Gasteiger partial charge is 0.387 e. The molecule has 0 aromatic carbocycles. The lowest BCUT2D eigenvalue weighted by Gasteiger charge is -2.22. The zero-order valence-corrected chi connectivity index (χ0v) is 31.8. The third-order valence-electron chi connectivity index (χ3n) is 8.90. The van der Waals surface area contributed by atoms with E-state index in [0.717, 1.165) is 38.5 Å². The van der Waals surface area contributed by atoms with Gasteiger partial charge in [-0.2, -0.15) is 8.42 Å². The van der Waals surface area contributed by atoms with Crippen molar-refractivity contribution in [3.63, 3.8) is 0 Å². The van der Waals surface area contributed by atoms with Gasteiger partial charge in [0, 0.05) is 0 Å². The smallest absolute Gasteiger partial charge is 0.267 e. The van der Waals surface area contributed by atoms with Gasteiger partial charge in [0.05, 0.1) is 17.9 Å². The van der Waals surface area contributed by atoms with Crippen molar-refractivity contribution < 1.29 is 28.0 Å². The average Bonchev–Trinajstić information content (AvgIpc) is 3.05. The van der Waals surface area contributed by atoms with E-state index >= 15 is 0 Å². The molecular weight excluding hydrogens is 623 g/mol. The van der Waals surface area contributed by atoms with Crippen molar-refractivity contribution in [3.05, 3.63) is 36.5 Å². The Morgan fingerprint density at radius 3 is 1.38 bits per heavy atom. The average molecular weight is 698 g/mol. The molecule has 0 saturated carbocycles. The number of carbonyl (C=O) groups excluding carboxylic acids is 1. The molecular formula is C40H75NO6S. The van der Waals surface area contributed by atoms with Crippen LogP contribution in [-0.2, 0) is 14.9 Å². The molecule has 48 heavy (non-hydrogen) atoms. The Kier molecular flexibility index (Phi) is 32.9. The van der Waals surface area contributed by atoms with Crippen LogP contribution in [0.4, 0.5) is 0 Å². The molecule has 0 aromatic rings. The van der Waals surface area contributed by atoms with Crippen molar-refractivity contribution in [2.75, 3.05) is 5.75 Å². The van der Waals surface area contributed by atoms with Crippen LogP contribution in [0.2, 0.25) is 0 Å². The normalized spacial score (nSPS) is 14.4. The minimum atomic E-state index is -4.45. The Balaban J connectivity index is 4.07. The number of hydrogen-bond donors (Lipinski definition) is 4. The molecule has 4 N–H and O–H groups in total. The monoisotopic (exact) mass is 698 g/mol. The van der Waals surface area contributed by atoms with E-state index in [9.17, 15) is 28.0 Å². The summed E-state index contributed by atoms with van der Waals surface area (Å²) in [6, 6.07) is -1.25. The van der Waals surface area contributed by atoms with Crippen molar-refractivity contribution in [3.8, 4) is 0 Å². The number of rotatable bonds is 35. The molecule has 7 nitrogen and oxygen atoms in total. The molecule has 0 saturated heterocycles. The minimum Gasteiger partial charge on any atom is -0.387 e. The highest BCUT2D eigenvalue weighted by molar-refractivity contribution is 7.85. The van der Waals surface area contributed by atoms with Gasteiger partial charge in [0.25, 0.3) is 10.1 Å². The predicted molar refractivity (Wildman–Crippen MR) is 204 cm³/mol. The maximum atomic E-state index is 12.6. The Hall–Kier alpha value is -1.48. The third-order valence-corrected chi connectivity index (χ3v) is 9.68. The number of allylic oxidation sites excluding steroid dienone is 5. The molecule has 3 atom stereocenters. The second kappa shape index (κ2) is 34.0. The lowest BCUT2D eigenvalue weighted by molar-refractivity contribution is -0.130. The Bertz CT molecular complexity index is 917. The standard InChI is InChI=1S/C40H75NO6S/c1-3-5-7-9-11-13-15-17-18-19-20-21-22-23-25-27-29-31-33-35-39(43)40(44)41-37(36-48(45,46)47)38(42)34-32-30-28-26-24-16-14-12-10-8-6-4-2/h20-21,24,26,32,34,37-39,42-43H,3-19,22-23,25,27-31,33,35-36H2,1-2H3,(H,41,44)(H,45,46,47)/b21-20-,26-24+,34-32+. The molecule has 0 aliphatic heterocycles. The molecule has 0 aromatic heterocycles. The minimum absolute atomic E-state index is 0.267. The van der Waals surface area contributed by atoms with Gasteiger partial charge in [-0.1, -0.05) is 166 Å². The van der Waals surface area contributed by atoms with Crippen molar-refractivity contribution in [1.82, 2.24) is 5.32 Å². The van der Waals surface area contributed by atoms with E-state index < -0.39 is 40.0 Å². The van der Waals surface area contributed by atoms with E-state index in [1.165, 1.54) is 122 Å². The van der Waals surface area contributed by atoms with E-state index in [2.05, 4.69) is 43.5 Å². The number of unbranched alkanes of at least 4 members (excludes halogenated alkanes) is 22. The quantitative estimate of drug-likeness (QED) is 0.0297. The molecule has 0 spiro atoms. The van der Waals surface area contributed by atoms with E-state index in [4.69, 9.17) is 0 Å². The van der Waals surface area contributed by atoms with Crippen molar-refractivity contribution in [1.29, 1.82) is 0 Å². The van der Waals surface area contributed by atoms with E-state index in [1.807, 2.05) is 0 Å². The summed E-state index contributed by atoms with van der Waals surface area (Å²) in [5.74, 6) is -1.56. The van der Waals surface area contributed by atoms with Gasteiger partial charge in [-0.05, 0) is 57.8 Å². The van der Waals surface area contributed by atoms with Crippen LogP contribution in [-0.4, -0.2) is 53.1 Å². The van der Waals surface area contributed by atoms with Gasteiger partial charge >= 0.3 is 0 Å². The summed E-state index contributed by atoms with van der Waals surface area (Å²) in [5.41, 5.74) is 0. The first-order chi connectivity index (χ1) is 23.2. The lowest BCUT2D eigenvalue weighted by atomic mass is 10.0. The Labute approximate surface area is 296 Å². The number of aliphatic hydroxyl groups excluding tert-OH is 2. The van der Waals surface area contributed by atoms with Crippen molar-refractivity contribution in [2.45, 2.75) is 205 Å². The maximum absolute atomic E-state index is 12.6. The summed E-state index contributed by atoms with van der Waals surface area (Å²) >= 11 is 0. The number of carbonyl (C=O) groups is 1. The van der Waals surface area contributed by atoms with Gasteiger partial charge < -0.3 is 15.5 Å². The highest BCUT2D eigenvalue weighted by atomic mass is 32.2. The van der Waals surface area contributed by atoms with Crippen LogP contribution in [0.25, 0.3) is 0 Å². The van der Waals surface area contributed by atoms with Crippen molar-refractivity contribution >= 4 is 16.0 Å². The van der Waals surface area contributed by atoms with Crippen LogP contribution in [0.15, 0.2) is 36.5 Å². The fraction of sp³-hybridized carbons (Fsp3) is 0.825. The molecule has 0 radical (unpaired) electrons. The molecule has 0 rings (SSSR count). The zero-order valence-electron chi connectivity index (χ0n) is 31.0. The number of nitrogens with one attached hydrogen (secondary N) is 1. The summed E-state index contributed by atoms with van der Waals surface area (Å²) in [6.45, 7) is 4.48. The van der Waals surface area contributed by atoms with Crippen LogP contribution in [0.1, 0.15) is 187 Å². The molecule has 1 amide bonds. The van der Waals surface area contributed by atoms with Crippen LogP contribution in [0.3, 0.4) is 0 Å². The number of amides is 1. The van der Waals surface area contributed by atoms with Crippen LogP contribution < -0.4 is 5.32 Å². The topological polar surface area (TPSA) is 124 Å². The van der Waals surface area contributed by atoms with E-state index in [1.54, 1.807) is 6.08 Å². The Morgan fingerprint density at radius 2 is 0.938 bits per heavy atom. The molecule has 8 heteroatoms. The van der Waals surface area contributed by atoms with Gasteiger partial charge in [0.2, 0.25) is 5.91 Å². The molecule has 0 fully saturated rings. The van der Waals surface area contributed by atoms with E-state index in [0.29, 0.717) is 12.8 Å². The Morgan fingerprint density at radius 1 is 0.562 bits per heavy atom. The molecule has 3 unspecified atom stereocenters. The first kappa shape index (κ1) is 46.5. The summed E-state index contributed by atoms with van der Waals surface area (Å²) in [7, 11) is -4.45. The molecule has 0 aliphatic rings. The fourth-order valence-corrected chi connectivity index (χ4v) is 6.55. The third kappa shape index (κ3) is 33.0. The van der Waals surface area contributed by atoms with Gasteiger partial charge in [0.1, 0.15) is 6.10 Å². The summed E-state index contributed by atoms with van der Waals surface area (Å²) < 4.78 is 32.4. The van der Waals surface area contributed by atoms with Crippen molar-refractivity contribution in [2.24, 2.45) is 0 Å². The van der Waals surface area contributed by atoms with Gasteiger partial charge in [0.15, 0.2) is 0 Å². The zero-order chi connectivity index (χ0) is 35.6. The SMILES string of the molecule is CCCCCCCC/C=C/CC/C=C/C(O)C(CS(=O)(=O)O)NC(=O)C(O)CCCCCCCC/C=C\CCCCCCCCCCC. The predicted octanol–water partition coefficient (Wildman–Crippen LogP) is 10.3. The molecule has 282 valence electrons. The summed E-state index contributed by atoms with van der Waals surface area (Å²) in [5, 5.41) is 23.3. The number of aliphatic hydroxyl groups is 2.